The topological polar surface area (TPSA) is 37.3 Å². The summed E-state index contributed by atoms with van der Waals surface area (Å²) < 4.78 is 0. The molecule has 1 aliphatic carbocycles. The molecule has 0 spiro atoms. The van der Waals surface area contributed by atoms with Crippen LogP contribution in [0.3, 0.4) is 0 Å². The number of carboxylic acids is 1. The normalized spacial score (nSPS) is 17.3. The van der Waals surface area contributed by atoms with Crippen molar-refractivity contribution in [2.75, 3.05) is 0 Å². The molecule has 1 fully saturated rings. The summed E-state index contributed by atoms with van der Waals surface area (Å²) in [5.41, 5.74) is 5.06. The van der Waals surface area contributed by atoms with Crippen LogP contribution in [0.2, 0.25) is 0 Å². The molecular weight excluding hydrogens is 224 g/mol. The van der Waals surface area contributed by atoms with Gasteiger partial charge in [0.05, 0.1) is 6.42 Å². The van der Waals surface area contributed by atoms with E-state index in [2.05, 4.69) is 32.9 Å². The molecule has 0 bridgehead atoms. The highest BCUT2D eigenvalue weighted by molar-refractivity contribution is 5.68. The molecule has 0 aliphatic heterocycles. The summed E-state index contributed by atoms with van der Waals surface area (Å²) in [5.74, 6) is 0.101. The quantitative estimate of drug-likeness (QED) is 0.872. The first kappa shape index (κ1) is 13.1. The Morgan fingerprint density at radius 1 is 1.28 bits per heavy atom. The van der Waals surface area contributed by atoms with Gasteiger partial charge in [0, 0.05) is 0 Å². The number of rotatable bonds is 4. The zero-order chi connectivity index (χ0) is 13.3. The first-order valence-electron chi connectivity index (χ1n) is 6.78. The second-order valence-corrected chi connectivity index (χ2v) is 5.71. The van der Waals surface area contributed by atoms with Gasteiger partial charge in [-0.05, 0) is 62.1 Å². The van der Waals surface area contributed by atoms with Crippen LogP contribution in [0.1, 0.15) is 53.9 Å². The van der Waals surface area contributed by atoms with E-state index in [4.69, 9.17) is 5.11 Å². The summed E-state index contributed by atoms with van der Waals surface area (Å²) in [6, 6.07) is 4.35. The van der Waals surface area contributed by atoms with Gasteiger partial charge < -0.3 is 5.11 Å². The highest BCUT2D eigenvalue weighted by Gasteiger charge is 2.31. The fourth-order valence-electron chi connectivity index (χ4n) is 3.31. The summed E-state index contributed by atoms with van der Waals surface area (Å²) in [6.07, 6.45) is 3.90. The Kier molecular flexibility index (Phi) is 3.74. The van der Waals surface area contributed by atoms with Crippen LogP contribution in [-0.4, -0.2) is 11.1 Å². The Balaban J connectivity index is 2.37. The van der Waals surface area contributed by atoms with Crippen molar-refractivity contribution in [3.8, 4) is 0 Å². The van der Waals surface area contributed by atoms with E-state index in [1.54, 1.807) is 0 Å². The van der Waals surface area contributed by atoms with Crippen molar-refractivity contribution in [3.63, 3.8) is 0 Å². The Labute approximate surface area is 109 Å². The van der Waals surface area contributed by atoms with E-state index < -0.39 is 5.97 Å². The van der Waals surface area contributed by atoms with Gasteiger partial charge in [0.2, 0.25) is 0 Å². The third-order valence-corrected chi connectivity index (χ3v) is 4.22. The molecule has 2 heteroatoms. The lowest BCUT2D eigenvalue weighted by Crippen LogP contribution is -2.24. The van der Waals surface area contributed by atoms with Crippen molar-refractivity contribution >= 4 is 5.97 Å². The van der Waals surface area contributed by atoms with E-state index in [1.165, 1.54) is 41.5 Å². The zero-order valence-electron chi connectivity index (χ0n) is 11.5. The SMILES string of the molecule is Cc1cc(C)c(C(CC(=O)O)C2CCC2)c(C)c1. The predicted octanol–water partition coefficient (Wildman–Crippen LogP) is 3.97. The third kappa shape index (κ3) is 2.58. The van der Waals surface area contributed by atoms with Crippen LogP contribution >= 0.6 is 0 Å². The molecule has 0 heterocycles. The van der Waals surface area contributed by atoms with E-state index in [-0.39, 0.29) is 12.3 Å². The molecular formula is C16H22O2. The second kappa shape index (κ2) is 5.13. The fourth-order valence-corrected chi connectivity index (χ4v) is 3.31. The van der Waals surface area contributed by atoms with Gasteiger partial charge in [0.25, 0.3) is 0 Å². The minimum absolute atomic E-state index is 0.205. The van der Waals surface area contributed by atoms with Crippen molar-refractivity contribution in [1.29, 1.82) is 0 Å². The van der Waals surface area contributed by atoms with E-state index in [1.807, 2.05) is 0 Å². The molecule has 1 unspecified atom stereocenters. The molecule has 0 aromatic heterocycles. The lowest BCUT2D eigenvalue weighted by molar-refractivity contribution is -0.138. The van der Waals surface area contributed by atoms with Crippen molar-refractivity contribution < 1.29 is 9.90 Å². The fraction of sp³-hybridized carbons (Fsp3) is 0.562. The number of aryl methyl sites for hydroxylation is 3. The lowest BCUT2D eigenvalue weighted by atomic mass is 9.70. The predicted molar refractivity (Wildman–Crippen MR) is 73.0 cm³/mol. The van der Waals surface area contributed by atoms with Gasteiger partial charge in [-0.3, -0.25) is 4.79 Å². The molecule has 1 N–H and O–H groups in total. The number of hydrogen-bond acceptors (Lipinski definition) is 1. The average Bonchev–Trinajstić information content (AvgIpc) is 2.11. The molecule has 1 aromatic rings. The number of hydrogen-bond donors (Lipinski definition) is 1. The van der Waals surface area contributed by atoms with Crippen LogP contribution in [0.15, 0.2) is 12.1 Å². The molecule has 18 heavy (non-hydrogen) atoms. The molecule has 0 saturated heterocycles. The minimum Gasteiger partial charge on any atom is -0.481 e. The Morgan fingerprint density at radius 3 is 2.22 bits per heavy atom. The summed E-state index contributed by atoms with van der Waals surface area (Å²) in [6.45, 7) is 6.32. The Bertz CT molecular complexity index is 435. The molecule has 1 aromatic carbocycles. The molecule has 2 nitrogen and oxygen atoms in total. The van der Waals surface area contributed by atoms with Crippen LogP contribution in [0.25, 0.3) is 0 Å². The molecule has 0 amide bonds. The van der Waals surface area contributed by atoms with E-state index in [9.17, 15) is 4.79 Å². The lowest BCUT2D eigenvalue weighted by Gasteiger charge is -2.35. The van der Waals surface area contributed by atoms with E-state index in [0.29, 0.717) is 5.92 Å². The number of carbonyl (C=O) groups is 1. The highest BCUT2D eigenvalue weighted by atomic mass is 16.4. The number of aliphatic carboxylic acids is 1. The minimum atomic E-state index is -0.675. The maximum Gasteiger partial charge on any atom is 0.303 e. The van der Waals surface area contributed by atoms with Crippen molar-refractivity contribution in [2.24, 2.45) is 5.92 Å². The van der Waals surface area contributed by atoms with Crippen molar-refractivity contribution in [2.45, 2.75) is 52.4 Å². The monoisotopic (exact) mass is 246 g/mol. The van der Waals surface area contributed by atoms with Gasteiger partial charge in [0.1, 0.15) is 0 Å². The van der Waals surface area contributed by atoms with Crippen LogP contribution in [0.4, 0.5) is 0 Å². The summed E-state index contributed by atoms with van der Waals surface area (Å²) in [4.78, 5) is 11.1. The van der Waals surface area contributed by atoms with Gasteiger partial charge in [0.15, 0.2) is 0 Å². The molecule has 1 saturated carbocycles. The molecule has 1 atom stereocenters. The Hall–Kier alpha value is -1.31. The van der Waals surface area contributed by atoms with Crippen LogP contribution < -0.4 is 0 Å². The van der Waals surface area contributed by atoms with Crippen LogP contribution in [0, 0.1) is 26.7 Å². The van der Waals surface area contributed by atoms with Gasteiger partial charge in [-0.2, -0.15) is 0 Å². The van der Waals surface area contributed by atoms with Crippen molar-refractivity contribution in [3.05, 3.63) is 34.4 Å². The summed E-state index contributed by atoms with van der Waals surface area (Å²) >= 11 is 0. The first-order chi connectivity index (χ1) is 8.49. The standard InChI is InChI=1S/C16H22O2/c1-10-7-11(2)16(12(3)8-10)14(9-15(17)18)13-5-4-6-13/h7-8,13-14H,4-6,9H2,1-3H3,(H,17,18). The van der Waals surface area contributed by atoms with Gasteiger partial charge >= 0.3 is 5.97 Å². The van der Waals surface area contributed by atoms with Crippen LogP contribution in [0.5, 0.6) is 0 Å². The van der Waals surface area contributed by atoms with Crippen LogP contribution in [-0.2, 0) is 4.79 Å². The average molecular weight is 246 g/mol. The summed E-state index contributed by atoms with van der Waals surface area (Å²) in [7, 11) is 0. The van der Waals surface area contributed by atoms with Crippen molar-refractivity contribution in [1.82, 2.24) is 0 Å². The molecule has 1 aliphatic rings. The highest BCUT2D eigenvalue weighted by Crippen LogP contribution is 2.43. The second-order valence-electron chi connectivity index (χ2n) is 5.71. The zero-order valence-corrected chi connectivity index (χ0v) is 11.5. The number of carboxylic acid groups (broad SMARTS) is 1. The Morgan fingerprint density at radius 2 is 1.83 bits per heavy atom. The first-order valence-corrected chi connectivity index (χ1v) is 6.78. The molecule has 98 valence electrons. The maximum atomic E-state index is 11.1. The van der Waals surface area contributed by atoms with Gasteiger partial charge in [-0.25, -0.2) is 0 Å². The van der Waals surface area contributed by atoms with E-state index >= 15 is 0 Å². The summed E-state index contributed by atoms with van der Waals surface area (Å²) in [5, 5.41) is 9.15. The van der Waals surface area contributed by atoms with Gasteiger partial charge in [-0.15, -0.1) is 0 Å². The largest absolute Gasteiger partial charge is 0.481 e. The molecule has 2 rings (SSSR count). The van der Waals surface area contributed by atoms with Gasteiger partial charge in [-0.1, -0.05) is 24.1 Å². The molecule has 0 radical (unpaired) electrons. The number of benzene rings is 1. The smallest absolute Gasteiger partial charge is 0.303 e. The van der Waals surface area contributed by atoms with E-state index in [0.717, 1.165) is 0 Å². The third-order valence-electron chi connectivity index (χ3n) is 4.22. The maximum absolute atomic E-state index is 11.1.